The Bertz CT molecular complexity index is 855. The lowest BCUT2D eigenvalue weighted by atomic mass is 9.86. The van der Waals surface area contributed by atoms with Crippen LogP contribution in [-0.2, 0) is 20.9 Å². The fraction of sp³-hybridized carbons (Fsp3) is 0.757. The number of rotatable bonds is 26. The minimum absolute atomic E-state index is 0.0209. The molecule has 0 spiro atoms. The molecule has 2 unspecified atom stereocenters. The van der Waals surface area contributed by atoms with Gasteiger partial charge in [-0.25, -0.2) is 4.79 Å². The van der Waals surface area contributed by atoms with Crippen LogP contribution in [0.5, 0.6) is 0 Å². The fourth-order valence-corrected chi connectivity index (χ4v) is 5.50. The zero-order valence-electron chi connectivity index (χ0n) is 28.3. The third-order valence-electron chi connectivity index (χ3n) is 8.39. The number of ketones is 1. The first kappa shape index (κ1) is 38.7. The molecule has 0 saturated heterocycles. The molecule has 0 radical (unpaired) electrons. The number of benzene rings is 1. The number of nitrogens with one attached hydrogen (secondary N) is 2. The highest BCUT2D eigenvalue weighted by atomic mass is 16.5. The maximum atomic E-state index is 13.2. The second kappa shape index (κ2) is 25.0. The van der Waals surface area contributed by atoms with E-state index in [9.17, 15) is 14.4 Å². The molecule has 1 rings (SSSR count). The summed E-state index contributed by atoms with van der Waals surface area (Å²) < 4.78 is 5.32. The molecule has 0 aliphatic heterocycles. The van der Waals surface area contributed by atoms with Gasteiger partial charge in [0.15, 0.2) is 5.78 Å². The van der Waals surface area contributed by atoms with E-state index in [1.807, 2.05) is 58.0 Å². The van der Waals surface area contributed by atoms with Gasteiger partial charge >= 0.3 is 6.09 Å². The Morgan fingerprint density at radius 1 is 0.674 bits per heavy atom. The second-order valence-corrected chi connectivity index (χ2v) is 13.0. The predicted molar refractivity (Wildman–Crippen MR) is 179 cm³/mol. The fourth-order valence-electron chi connectivity index (χ4n) is 5.50. The van der Waals surface area contributed by atoms with Crippen LogP contribution in [0.25, 0.3) is 0 Å². The lowest BCUT2D eigenvalue weighted by molar-refractivity contribution is -0.132. The van der Waals surface area contributed by atoms with Crippen molar-refractivity contribution >= 4 is 17.8 Å². The van der Waals surface area contributed by atoms with Gasteiger partial charge in [0.1, 0.15) is 6.61 Å². The van der Waals surface area contributed by atoms with E-state index in [0.29, 0.717) is 6.54 Å². The molecule has 0 aliphatic carbocycles. The topological polar surface area (TPSA) is 84.5 Å². The Hall–Kier alpha value is -2.37. The largest absolute Gasteiger partial charge is 0.445 e. The van der Waals surface area contributed by atoms with E-state index >= 15 is 0 Å². The highest BCUT2D eigenvalue weighted by molar-refractivity contribution is 5.91. The molecule has 0 aliphatic rings. The highest BCUT2D eigenvalue weighted by Gasteiger charge is 2.31. The highest BCUT2D eigenvalue weighted by Crippen LogP contribution is 2.19. The van der Waals surface area contributed by atoms with Gasteiger partial charge < -0.3 is 15.4 Å². The van der Waals surface area contributed by atoms with Gasteiger partial charge in [-0.2, -0.15) is 0 Å². The first-order valence-electron chi connectivity index (χ1n) is 17.5. The molecule has 1 aromatic carbocycles. The summed E-state index contributed by atoms with van der Waals surface area (Å²) in [5.74, 6) is -0.719. The number of carbonyl (C=O) groups is 3. The molecule has 246 valence electrons. The summed E-state index contributed by atoms with van der Waals surface area (Å²) in [4.78, 5) is 38.6. The van der Waals surface area contributed by atoms with Gasteiger partial charge in [0.25, 0.3) is 0 Å². The molecule has 2 amide bonds. The van der Waals surface area contributed by atoms with Gasteiger partial charge in [-0.15, -0.1) is 0 Å². The molecule has 6 nitrogen and oxygen atoms in total. The van der Waals surface area contributed by atoms with Crippen LogP contribution in [0.1, 0.15) is 149 Å². The maximum absolute atomic E-state index is 13.2. The minimum Gasteiger partial charge on any atom is -0.445 e. The van der Waals surface area contributed by atoms with Crippen molar-refractivity contribution in [2.24, 2.45) is 17.8 Å². The molecule has 2 N–H and O–H groups in total. The third kappa shape index (κ3) is 19.5. The molecular formula is C37H64N2O4. The van der Waals surface area contributed by atoms with Gasteiger partial charge in [0.2, 0.25) is 5.91 Å². The number of alkyl carbamates (subject to hydrolysis) is 1. The van der Waals surface area contributed by atoms with Crippen LogP contribution >= 0.6 is 0 Å². The summed E-state index contributed by atoms with van der Waals surface area (Å²) in [6.45, 7) is 10.8. The lowest BCUT2D eigenvalue weighted by Crippen LogP contribution is -2.46. The monoisotopic (exact) mass is 600 g/mol. The zero-order valence-corrected chi connectivity index (χ0v) is 28.3. The molecular weight excluding hydrogens is 536 g/mol. The quantitative estimate of drug-likeness (QED) is 0.104. The second-order valence-electron chi connectivity index (χ2n) is 13.0. The number of carbonyl (C=O) groups excluding carboxylic acids is 3. The number of unbranched alkanes of at least 4 members (excludes halogenated alkanes) is 15. The van der Waals surface area contributed by atoms with Crippen molar-refractivity contribution in [3.05, 3.63) is 35.9 Å². The summed E-state index contributed by atoms with van der Waals surface area (Å²) in [6.07, 6.45) is 20.6. The zero-order chi connectivity index (χ0) is 31.7. The molecule has 0 bridgehead atoms. The SMILES string of the molecule is CCCCCCCCCCCCCCCCCCNC(=O)C(CC(=O)C(NC(=O)OCc1ccccc1)C(C)C)C(C)C. The summed E-state index contributed by atoms with van der Waals surface area (Å²) >= 11 is 0. The van der Waals surface area contributed by atoms with Crippen molar-refractivity contribution in [2.75, 3.05) is 6.54 Å². The van der Waals surface area contributed by atoms with Crippen LogP contribution in [-0.4, -0.2) is 30.4 Å². The smallest absolute Gasteiger partial charge is 0.408 e. The van der Waals surface area contributed by atoms with E-state index in [0.717, 1.165) is 18.4 Å². The van der Waals surface area contributed by atoms with Gasteiger partial charge in [-0.1, -0.05) is 161 Å². The van der Waals surface area contributed by atoms with Gasteiger partial charge in [0, 0.05) is 18.9 Å². The average Bonchev–Trinajstić information content (AvgIpc) is 2.99. The first-order chi connectivity index (χ1) is 20.8. The normalized spacial score (nSPS) is 12.7. The molecule has 0 heterocycles. The molecule has 2 atom stereocenters. The van der Waals surface area contributed by atoms with E-state index in [1.165, 1.54) is 89.9 Å². The number of hydrogen-bond donors (Lipinski definition) is 2. The number of Topliss-reactive ketones (excluding diaryl/α,β-unsaturated/α-hetero) is 1. The summed E-state index contributed by atoms with van der Waals surface area (Å²) in [6, 6.07) is 8.73. The Labute approximate surface area is 263 Å². The molecule has 6 heteroatoms. The Kier molecular flexibility index (Phi) is 22.5. The number of ether oxygens (including phenoxy) is 1. The predicted octanol–water partition coefficient (Wildman–Crippen LogP) is 9.55. The van der Waals surface area contributed by atoms with Crippen molar-refractivity contribution < 1.29 is 19.1 Å². The van der Waals surface area contributed by atoms with E-state index in [2.05, 4.69) is 17.6 Å². The van der Waals surface area contributed by atoms with Gasteiger partial charge in [-0.3, -0.25) is 9.59 Å². The van der Waals surface area contributed by atoms with Crippen molar-refractivity contribution in [1.82, 2.24) is 10.6 Å². The van der Waals surface area contributed by atoms with Crippen molar-refractivity contribution in [1.29, 1.82) is 0 Å². The Morgan fingerprint density at radius 2 is 1.16 bits per heavy atom. The minimum atomic E-state index is -0.697. The number of amides is 2. The standard InChI is InChI=1S/C37H64N2O4/c1-6-7-8-9-10-11-12-13-14-15-16-17-18-19-20-24-27-38-36(41)33(30(2)3)28-34(40)35(31(4)5)39-37(42)43-29-32-25-22-21-23-26-32/h21-23,25-26,30-31,33,35H,6-20,24,27-29H2,1-5H3,(H,38,41)(H,39,42). The van der Waals surface area contributed by atoms with Crippen molar-refractivity contribution in [3.63, 3.8) is 0 Å². The van der Waals surface area contributed by atoms with Crippen LogP contribution in [0.15, 0.2) is 30.3 Å². The third-order valence-corrected chi connectivity index (χ3v) is 8.39. The summed E-state index contributed by atoms with van der Waals surface area (Å²) in [5, 5.41) is 5.79. The van der Waals surface area contributed by atoms with Crippen LogP contribution in [0.2, 0.25) is 0 Å². The molecule has 0 fully saturated rings. The Morgan fingerprint density at radius 3 is 1.63 bits per heavy atom. The Balaban J connectivity index is 2.21. The lowest BCUT2D eigenvalue weighted by Gasteiger charge is -2.25. The molecule has 0 saturated carbocycles. The average molecular weight is 601 g/mol. The van der Waals surface area contributed by atoms with Gasteiger partial charge in [0.05, 0.1) is 6.04 Å². The summed E-state index contributed by atoms with van der Waals surface area (Å²) in [5.41, 5.74) is 0.881. The molecule has 0 aromatic heterocycles. The van der Waals surface area contributed by atoms with Crippen LogP contribution < -0.4 is 10.6 Å². The van der Waals surface area contributed by atoms with E-state index in [-0.39, 0.29) is 36.6 Å². The van der Waals surface area contributed by atoms with Crippen molar-refractivity contribution in [2.45, 2.75) is 156 Å². The molecule has 1 aromatic rings. The van der Waals surface area contributed by atoms with E-state index < -0.39 is 18.1 Å². The van der Waals surface area contributed by atoms with Crippen LogP contribution in [0.4, 0.5) is 4.79 Å². The van der Waals surface area contributed by atoms with Crippen molar-refractivity contribution in [3.8, 4) is 0 Å². The van der Waals surface area contributed by atoms with Crippen LogP contribution in [0, 0.1) is 17.8 Å². The van der Waals surface area contributed by atoms with Gasteiger partial charge in [-0.05, 0) is 23.8 Å². The number of hydrogen-bond acceptors (Lipinski definition) is 4. The summed E-state index contributed by atoms with van der Waals surface area (Å²) in [7, 11) is 0. The molecule has 43 heavy (non-hydrogen) atoms. The van der Waals surface area contributed by atoms with E-state index in [4.69, 9.17) is 4.74 Å². The van der Waals surface area contributed by atoms with E-state index in [1.54, 1.807) is 0 Å². The first-order valence-corrected chi connectivity index (χ1v) is 17.5. The van der Waals surface area contributed by atoms with Crippen LogP contribution in [0.3, 0.4) is 0 Å². The maximum Gasteiger partial charge on any atom is 0.408 e.